The summed E-state index contributed by atoms with van der Waals surface area (Å²) >= 11 is 0. The largest absolute Gasteiger partial charge is 0.325 e. The molecule has 0 bridgehead atoms. The zero-order valence-corrected chi connectivity index (χ0v) is 7.01. The van der Waals surface area contributed by atoms with Crippen molar-refractivity contribution in [3.05, 3.63) is 5.82 Å². The van der Waals surface area contributed by atoms with Gasteiger partial charge in [-0.2, -0.15) is 4.80 Å². The van der Waals surface area contributed by atoms with Gasteiger partial charge in [0.05, 0.1) is 13.6 Å². The van der Waals surface area contributed by atoms with Gasteiger partial charge in [-0.25, -0.2) is 0 Å². The molecule has 0 saturated carbocycles. The second kappa shape index (κ2) is 2.80. The summed E-state index contributed by atoms with van der Waals surface area (Å²) in [7, 11) is 1.76. The molecule has 0 aromatic carbocycles. The highest BCUT2D eigenvalue weighted by Gasteiger charge is 2.23. The van der Waals surface area contributed by atoms with Gasteiger partial charge in [0.1, 0.15) is 0 Å². The van der Waals surface area contributed by atoms with Crippen LogP contribution < -0.4 is 5.73 Å². The zero-order chi connectivity index (χ0) is 8.55. The van der Waals surface area contributed by atoms with Gasteiger partial charge < -0.3 is 5.73 Å². The van der Waals surface area contributed by atoms with Gasteiger partial charge in [-0.05, 0) is 5.21 Å². The van der Waals surface area contributed by atoms with E-state index >= 15 is 0 Å². The van der Waals surface area contributed by atoms with Crippen molar-refractivity contribution in [2.24, 2.45) is 12.8 Å². The number of rotatable bonds is 2. The minimum Gasteiger partial charge on any atom is -0.325 e. The third-order valence-corrected chi connectivity index (χ3v) is 1.90. The average Bonchev–Trinajstić information content (AvgIpc) is 2.33. The number of likely N-dealkylation sites (tertiary alicyclic amines) is 1. The molecule has 1 aliphatic heterocycles. The molecule has 0 aliphatic carbocycles. The van der Waals surface area contributed by atoms with Crippen LogP contribution in [-0.2, 0) is 13.6 Å². The molecule has 66 valence electrons. The van der Waals surface area contributed by atoms with Crippen LogP contribution in [0.2, 0.25) is 0 Å². The molecule has 1 saturated heterocycles. The minimum absolute atomic E-state index is 0.335. The van der Waals surface area contributed by atoms with Crippen molar-refractivity contribution in [3.63, 3.8) is 0 Å². The van der Waals surface area contributed by atoms with E-state index in [1.165, 1.54) is 4.80 Å². The third-order valence-electron chi connectivity index (χ3n) is 1.90. The standard InChI is InChI=1S/C6H12N6/c1-11-9-6(8-10-11)4-12-2-5(7)3-12/h5H,2-4,7H2,1H3. The predicted molar refractivity (Wildman–Crippen MR) is 42.1 cm³/mol. The quantitative estimate of drug-likeness (QED) is 0.573. The summed E-state index contributed by atoms with van der Waals surface area (Å²) in [6, 6.07) is 0.335. The number of hydrogen-bond acceptors (Lipinski definition) is 5. The van der Waals surface area contributed by atoms with Crippen LogP contribution in [0.5, 0.6) is 0 Å². The van der Waals surface area contributed by atoms with E-state index in [0.29, 0.717) is 6.04 Å². The Balaban J connectivity index is 1.88. The maximum Gasteiger partial charge on any atom is 0.188 e. The fourth-order valence-electron chi connectivity index (χ4n) is 1.33. The van der Waals surface area contributed by atoms with Crippen molar-refractivity contribution in [3.8, 4) is 0 Å². The fraction of sp³-hybridized carbons (Fsp3) is 0.833. The lowest BCUT2D eigenvalue weighted by Gasteiger charge is -2.35. The normalized spacial score (nSPS) is 19.5. The van der Waals surface area contributed by atoms with Gasteiger partial charge in [-0.15, -0.1) is 10.2 Å². The van der Waals surface area contributed by atoms with Crippen molar-refractivity contribution < 1.29 is 0 Å². The molecular formula is C6H12N6. The van der Waals surface area contributed by atoms with Crippen molar-refractivity contribution >= 4 is 0 Å². The third kappa shape index (κ3) is 1.44. The van der Waals surface area contributed by atoms with E-state index in [9.17, 15) is 0 Å². The lowest BCUT2D eigenvalue weighted by molar-refractivity contribution is 0.138. The number of aryl methyl sites for hydroxylation is 1. The Bertz CT molecular complexity index is 263. The second-order valence-electron chi connectivity index (χ2n) is 3.15. The Morgan fingerprint density at radius 3 is 2.83 bits per heavy atom. The molecule has 0 radical (unpaired) electrons. The van der Waals surface area contributed by atoms with Gasteiger partial charge in [0.2, 0.25) is 0 Å². The molecular weight excluding hydrogens is 156 g/mol. The van der Waals surface area contributed by atoms with E-state index in [1.54, 1.807) is 7.05 Å². The maximum atomic E-state index is 5.62. The van der Waals surface area contributed by atoms with E-state index in [2.05, 4.69) is 20.3 Å². The monoisotopic (exact) mass is 168 g/mol. The first-order chi connectivity index (χ1) is 5.74. The zero-order valence-electron chi connectivity index (χ0n) is 7.01. The molecule has 1 fully saturated rings. The smallest absolute Gasteiger partial charge is 0.188 e. The molecule has 6 heteroatoms. The summed E-state index contributed by atoms with van der Waals surface area (Å²) in [6.07, 6.45) is 0. The molecule has 2 N–H and O–H groups in total. The van der Waals surface area contributed by atoms with Crippen LogP contribution >= 0.6 is 0 Å². The van der Waals surface area contributed by atoms with Gasteiger partial charge in [-0.3, -0.25) is 4.90 Å². The average molecular weight is 168 g/mol. The van der Waals surface area contributed by atoms with Crippen molar-refractivity contribution in [1.29, 1.82) is 0 Å². The molecule has 6 nitrogen and oxygen atoms in total. The Labute approximate surface area is 70.3 Å². The van der Waals surface area contributed by atoms with Crippen LogP contribution in [-0.4, -0.2) is 44.2 Å². The summed E-state index contributed by atoms with van der Waals surface area (Å²) < 4.78 is 0. The molecule has 1 aromatic rings. The van der Waals surface area contributed by atoms with E-state index < -0.39 is 0 Å². The minimum atomic E-state index is 0.335. The molecule has 1 aromatic heterocycles. The Kier molecular flexibility index (Phi) is 1.78. The highest BCUT2D eigenvalue weighted by atomic mass is 15.6. The highest BCUT2D eigenvalue weighted by molar-refractivity contribution is 4.87. The summed E-state index contributed by atoms with van der Waals surface area (Å²) in [4.78, 5) is 3.66. The van der Waals surface area contributed by atoms with Crippen LogP contribution in [0.4, 0.5) is 0 Å². The second-order valence-corrected chi connectivity index (χ2v) is 3.15. The van der Waals surface area contributed by atoms with Gasteiger partial charge in [0.25, 0.3) is 0 Å². The van der Waals surface area contributed by atoms with E-state index in [4.69, 9.17) is 5.73 Å². The first kappa shape index (κ1) is 7.63. The molecule has 0 unspecified atom stereocenters. The lowest BCUT2D eigenvalue weighted by atomic mass is 10.1. The summed E-state index contributed by atoms with van der Waals surface area (Å²) in [5.41, 5.74) is 5.62. The molecule has 0 spiro atoms. The topological polar surface area (TPSA) is 72.9 Å². The number of hydrogen-bond donors (Lipinski definition) is 1. The van der Waals surface area contributed by atoms with Crippen LogP contribution in [0, 0.1) is 0 Å². The SMILES string of the molecule is Cn1nnc(CN2CC(N)C2)n1. The molecule has 12 heavy (non-hydrogen) atoms. The van der Waals surface area contributed by atoms with Crippen molar-refractivity contribution in [2.45, 2.75) is 12.6 Å². The van der Waals surface area contributed by atoms with Gasteiger partial charge in [-0.1, -0.05) is 0 Å². The van der Waals surface area contributed by atoms with Crippen LogP contribution in [0.1, 0.15) is 5.82 Å². The van der Waals surface area contributed by atoms with Gasteiger partial charge in [0, 0.05) is 19.1 Å². The lowest BCUT2D eigenvalue weighted by Crippen LogP contribution is -2.55. The highest BCUT2D eigenvalue weighted by Crippen LogP contribution is 2.07. The first-order valence-corrected chi connectivity index (χ1v) is 3.95. The van der Waals surface area contributed by atoms with E-state index in [1.807, 2.05) is 0 Å². The Morgan fingerprint density at radius 2 is 2.33 bits per heavy atom. The number of nitrogens with two attached hydrogens (primary N) is 1. The number of nitrogens with zero attached hydrogens (tertiary/aromatic N) is 5. The molecule has 1 aliphatic rings. The van der Waals surface area contributed by atoms with Crippen molar-refractivity contribution in [2.75, 3.05) is 13.1 Å². The van der Waals surface area contributed by atoms with Gasteiger partial charge >= 0.3 is 0 Å². The molecule has 2 heterocycles. The van der Waals surface area contributed by atoms with Gasteiger partial charge in [0.15, 0.2) is 5.82 Å². The van der Waals surface area contributed by atoms with Crippen LogP contribution in [0.15, 0.2) is 0 Å². The summed E-state index contributed by atoms with van der Waals surface area (Å²) in [6.45, 7) is 2.65. The van der Waals surface area contributed by atoms with Crippen molar-refractivity contribution in [1.82, 2.24) is 25.1 Å². The van der Waals surface area contributed by atoms with E-state index in [-0.39, 0.29) is 0 Å². The Morgan fingerprint density at radius 1 is 1.58 bits per heavy atom. The summed E-state index contributed by atoms with van der Waals surface area (Å²) in [5, 5.41) is 11.7. The predicted octanol–water partition coefficient (Wildman–Crippen LogP) is -1.65. The van der Waals surface area contributed by atoms with Crippen LogP contribution in [0.3, 0.4) is 0 Å². The molecule has 2 rings (SSSR count). The number of aromatic nitrogens is 4. The van der Waals surface area contributed by atoms with Crippen LogP contribution in [0.25, 0.3) is 0 Å². The fourth-order valence-corrected chi connectivity index (χ4v) is 1.33. The number of tetrazole rings is 1. The maximum absolute atomic E-state index is 5.62. The first-order valence-electron chi connectivity index (χ1n) is 3.95. The Hall–Kier alpha value is -1.01. The summed E-state index contributed by atoms with van der Waals surface area (Å²) in [5.74, 6) is 0.768. The molecule has 0 atom stereocenters. The van der Waals surface area contributed by atoms with E-state index in [0.717, 1.165) is 25.5 Å². The molecule has 0 amide bonds.